The Morgan fingerprint density at radius 2 is 2.15 bits per heavy atom. The third-order valence-electron chi connectivity index (χ3n) is 2.92. The number of hydrogen-bond donors (Lipinski definition) is 2. The number of benzene rings is 1. The number of rotatable bonds is 5. The lowest BCUT2D eigenvalue weighted by molar-refractivity contribution is -0.114. The third-order valence-corrected chi connectivity index (χ3v) is 3.34. The van der Waals surface area contributed by atoms with E-state index >= 15 is 0 Å². The van der Waals surface area contributed by atoms with E-state index in [1.165, 1.54) is 6.92 Å². The molecular formula is C15H17BrN2O2. The van der Waals surface area contributed by atoms with Crippen LogP contribution in [-0.4, -0.2) is 5.91 Å². The predicted molar refractivity (Wildman–Crippen MR) is 82.4 cm³/mol. The molecule has 2 rings (SSSR count). The third kappa shape index (κ3) is 4.21. The van der Waals surface area contributed by atoms with Crippen molar-refractivity contribution in [2.24, 2.45) is 0 Å². The molecule has 5 heteroatoms. The summed E-state index contributed by atoms with van der Waals surface area (Å²) in [4.78, 5) is 11.1. The first-order chi connectivity index (χ1) is 9.54. The maximum atomic E-state index is 11.1. The largest absolute Gasteiger partial charge is 0.453 e. The second-order valence-corrected chi connectivity index (χ2v) is 5.40. The summed E-state index contributed by atoms with van der Waals surface area (Å²) < 4.78 is 6.17. The molecule has 1 aromatic heterocycles. The molecule has 0 radical (unpaired) electrons. The molecule has 1 aromatic carbocycles. The van der Waals surface area contributed by atoms with Crippen LogP contribution in [0.25, 0.3) is 0 Å². The Balaban J connectivity index is 1.97. The van der Waals surface area contributed by atoms with E-state index in [0.717, 1.165) is 21.7 Å². The Kier molecular flexibility index (Phi) is 4.98. The lowest BCUT2D eigenvalue weighted by Gasteiger charge is -2.14. The van der Waals surface area contributed by atoms with E-state index in [2.05, 4.69) is 33.5 Å². The molecule has 1 amide bonds. The summed E-state index contributed by atoms with van der Waals surface area (Å²) in [5.41, 5.74) is 1.92. The summed E-state index contributed by atoms with van der Waals surface area (Å²) in [5, 5.41) is 6.17. The zero-order chi connectivity index (χ0) is 14.5. The van der Waals surface area contributed by atoms with E-state index in [0.29, 0.717) is 6.54 Å². The Morgan fingerprint density at radius 1 is 1.35 bits per heavy atom. The summed E-state index contributed by atoms with van der Waals surface area (Å²) in [6, 6.07) is 11.8. The van der Waals surface area contributed by atoms with Crippen molar-refractivity contribution in [1.29, 1.82) is 0 Å². The van der Waals surface area contributed by atoms with E-state index in [1.807, 2.05) is 36.4 Å². The van der Waals surface area contributed by atoms with Crippen molar-refractivity contribution in [3.05, 3.63) is 52.4 Å². The fourth-order valence-electron chi connectivity index (χ4n) is 1.91. The molecule has 2 aromatic rings. The molecule has 0 bridgehead atoms. The van der Waals surface area contributed by atoms with Gasteiger partial charge in [0, 0.05) is 18.7 Å². The molecule has 106 valence electrons. The predicted octanol–water partition coefficient (Wildman–Crippen LogP) is 3.85. The highest BCUT2D eigenvalue weighted by Gasteiger charge is 2.07. The van der Waals surface area contributed by atoms with Crippen molar-refractivity contribution < 1.29 is 9.21 Å². The fraction of sp³-hybridized carbons (Fsp3) is 0.267. The molecule has 20 heavy (non-hydrogen) atoms. The number of amides is 1. The van der Waals surface area contributed by atoms with Gasteiger partial charge in [-0.15, -0.1) is 0 Å². The van der Waals surface area contributed by atoms with Gasteiger partial charge in [-0.3, -0.25) is 4.79 Å². The number of anilines is 1. The van der Waals surface area contributed by atoms with Crippen molar-refractivity contribution in [3.8, 4) is 0 Å². The summed E-state index contributed by atoms with van der Waals surface area (Å²) in [6.07, 6.45) is 0. The minimum absolute atomic E-state index is 0.0665. The Bertz CT molecular complexity index is 595. The number of nitrogens with one attached hydrogen (secondary N) is 2. The smallest absolute Gasteiger partial charge is 0.221 e. The van der Waals surface area contributed by atoms with Gasteiger partial charge in [-0.25, -0.2) is 0 Å². The highest BCUT2D eigenvalue weighted by molar-refractivity contribution is 9.10. The van der Waals surface area contributed by atoms with E-state index in [-0.39, 0.29) is 11.9 Å². The van der Waals surface area contributed by atoms with Crippen LogP contribution in [0, 0.1) is 0 Å². The van der Waals surface area contributed by atoms with Crippen molar-refractivity contribution in [1.82, 2.24) is 5.32 Å². The molecule has 0 aliphatic heterocycles. The zero-order valence-electron chi connectivity index (χ0n) is 11.4. The van der Waals surface area contributed by atoms with Crippen LogP contribution >= 0.6 is 15.9 Å². The Labute approximate surface area is 126 Å². The summed E-state index contributed by atoms with van der Waals surface area (Å²) in [6.45, 7) is 4.23. The highest BCUT2D eigenvalue weighted by Crippen LogP contribution is 2.19. The Morgan fingerprint density at radius 3 is 2.80 bits per heavy atom. The molecule has 0 saturated heterocycles. The van der Waals surface area contributed by atoms with Crippen LogP contribution in [0.4, 0.5) is 5.69 Å². The average Bonchev–Trinajstić information content (AvgIpc) is 2.81. The topological polar surface area (TPSA) is 54.3 Å². The molecular weight excluding hydrogens is 320 g/mol. The van der Waals surface area contributed by atoms with Gasteiger partial charge in [0.05, 0.1) is 6.54 Å². The molecule has 1 heterocycles. The first-order valence-electron chi connectivity index (χ1n) is 6.40. The minimum Gasteiger partial charge on any atom is -0.453 e. The first kappa shape index (κ1) is 14.8. The maximum Gasteiger partial charge on any atom is 0.221 e. The lowest BCUT2D eigenvalue weighted by Crippen LogP contribution is -2.18. The number of furan rings is 1. The van der Waals surface area contributed by atoms with E-state index in [4.69, 9.17) is 4.42 Å². The standard InChI is InChI=1S/C15H17BrN2O2/c1-10(17-9-14-6-7-15(16)20-14)12-4-3-5-13(8-12)18-11(2)19/h3-8,10,17H,9H2,1-2H3,(H,18,19). The van der Waals surface area contributed by atoms with E-state index in [9.17, 15) is 4.79 Å². The molecule has 0 aliphatic carbocycles. The molecule has 0 fully saturated rings. The monoisotopic (exact) mass is 336 g/mol. The normalized spacial score (nSPS) is 12.2. The molecule has 0 spiro atoms. The first-order valence-corrected chi connectivity index (χ1v) is 7.19. The average molecular weight is 337 g/mol. The van der Waals surface area contributed by atoms with Gasteiger partial charge in [0.1, 0.15) is 5.76 Å². The van der Waals surface area contributed by atoms with Crippen LogP contribution in [0.3, 0.4) is 0 Å². The number of hydrogen-bond acceptors (Lipinski definition) is 3. The summed E-state index contributed by atoms with van der Waals surface area (Å²) >= 11 is 3.28. The van der Waals surface area contributed by atoms with Crippen molar-refractivity contribution in [2.75, 3.05) is 5.32 Å². The SMILES string of the molecule is CC(=O)Nc1cccc(C(C)NCc2ccc(Br)o2)c1. The number of carbonyl (C=O) groups is 1. The van der Waals surface area contributed by atoms with Gasteiger partial charge in [-0.1, -0.05) is 12.1 Å². The molecule has 2 N–H and O–H groups in total. The molecule has 4 nitrogen and oxygen atoms in total. The van der Waals surface area contributed by atoms with Gasteiger partial charge in [0.2, 0.25) is 5.91 Å². The highest BCUT2D eigenvalue weighted by atomic mass is 79.9. The van der Waals surface area contributed by atoms with Gasteiger partial charge < -0.3 is 15.1 Å². The van der Waals surface area contributed by atoms with Crippen LogP contribution in [0.15, 0.2) is 45.5 Å². The van der Waals surface area contributed by atoms with Crippen LogP contribution in [-0.2, 0) is 11.3 Å². The van der Waals surface area contributed by atoms with Gasteiger partial charge in [0.15, 0.2) is 4.67 Å². The second kappa shape index (κ2) is 6.72. The summed E-state index contributed by atoms with van der Waals surface area (Å²) in [5.74, 6) is 0.810. The van der Waals surface area contributed by atoms with Crippen LogP contribution in [0.1, 0.15) is 31.2 Å². The maximum absolute atomic E-state index is 11.1. The quantitative estimate of drug-likeness (QED) is 0.871. The molecule has 0 saturated carbocycles. The van der Waals surface area contributed by atoms with Gasteiger partial charge >= 0.3 is 0 Å². The van der Waals surface area contributed by atoms with Crippen LogP contribution < -0.4 is 10.6 Å². The number of halogens is 1. The van der Waals surface area contributed by atoms with Crippen LogP contribution in [0.2, 0.25) is 0 Å². The molecule has 1 atom stereocenters. The lowest BCUT2D eigenvalue weighted by atomic mass is 10.1. The van der Waals surface area contributed by atoms with Crippen LogP contribution in [0.5, 0.6) is 0 Å². The van der Waals surface area contributed by atoms with E-state index in [1.54, 1.807) is 0 Å². The minimum atomic E-state index is -0.0665. The fourth-order valence-corrected chi connectivity index (χ4v) is 2.25. The molecule has 0 aliphatic rings. The van der Waals surface area contributed by atoms with Gasteiger partial charge in [-0.2, -0.15) is 0 Å². The van der Waals surface area contributed by atoms with Crippen molar-refractivity contribution >= 4 is 27.5 Å². The zero-order valence-corrected chi connectivity index (χ0v) is 13.0. The van der Waals surface area contributed by atoms with Gasteiger partial charge in [0.25, 0.3) is 0 Å². The van der Waals surface area contributed by atoms with Crippen molar-refractivity contribution in [3.63, 3.8) is 0 Å². The van der Waals surface area contributed by atoms with E-state index < -0.39 is 0 Å². The van der Waals surface area contributed by atoms with Crippen molar-refractivity contribution in [2.45, 2.75) is 26.4 Å². The summed E-state index contributed by atoms with van der Waals surface area (Å²) in [7, 11) is 0. The second-order valence-electron chi connectivity index (χ2n) is 4.62. The molecule has 1 unspecified atom stereocenters. The van der Waals surface area contributed by atoms with Gasteiger partial charge in [-0.05, 0) is 52.7 Å². The number of carbonyl (C=O) groups excluding carboxylic acids is 1. The Hall–Kier alpha value is -1.59.